The minimum absolute atomic E-state index is 0.0883. The van der Waals surface area contributed by atoms with Gasteiger partial charge in [-0.2, -0.15) is 0 Å². The number of hydrogen-bond donors (Lipinski definition) is 2. The van der Waals surface area contributed by atoms with Crippen molar-refractivity contribution in [3.63, 3.8) is 0 Å². The maximum atomic E-state index is 12.1. The third-order valence-corrected chi connectivity index (χ3v) is 6.79. The van der Waals surface area contributed by atoms with Gasteiger partial charge in [0.2, 0.25) is 0 Å². The second kappa shape index (κ2) is 5.88. The smallest absolute Gasteiger partial charge is 0.273 e. The Bertz CT molecular complexity index is 665. The normalized spacial score (nSPS) is 13.4. The van der Waals surface area contributed by atoms with Crippen molar-refractivity contribution in [2.45, 2.75) is 17.2 Å². The number of sulfonamides is 1. The van der Waals surface area contributed by atoms with Gasteiger partial charge in [0.05, 0.1) is 9.48 Å². The van der Waals surface area contributed by atoms with Gasteiger partial charge in [-0.15, -0.1) is 22.7 Å². The molecule has 2 N–H and O–H groups in total. The van der Waals surface area contributed by atoms with Crippen LogP contribution in [0.25, 0.3) is 0 Å². The van der Waals surface area contributed by atoms with E-state index < -0.39 is 10.0 Å². The number of anilines is 1. The number of thiazole rings is 1. The molecule has 0 aromatic carbocycles. The minimum Gasteiger partial charge on any atom is -0.312 e. The molecule has 1 unspecified atom stereocenters. The Morgan fingerprint density at radius 1 is 1.42 bits per heavy atom. The maximum Gasteiger partial charge on any atom is 0.273 e. The second-order valence-corrected chi connectivity index (χ2v) is 8.98. The quantitative estimate of drug-likeness (QED) is 0.834. The highest BCUT2D eigenvalue weighted by Gasteiger charge is 2.19. The predicted molar refractivity (Wildman–Crippen MR) is 82.4 cm³/mol. The van der Waals surface area contributed by atoms with Gasteiger partial charge in [-0.3, -0.25) is 4.72 Å². The lowest BCUT2D eigenvalue weighted by Gasteiger charge is -2.05. The lowest BCUT2D eigenvalue weighted by Crippen LogP contribution is -2.14. The van der Waals surface area contributed by atoms with E-state index in [0.29, 0.717) is 5.13 Å². The zero-order valence-corrected chi connectivity index (χ0v) is 14.2. The highest BCUT2D eigenvalue weighted by Crippen LogP contribution is 2.29. The molecule has 0 aliphatic rings. The zero-order valence-electron chi connectivity index (χ0n) is 10.2. The van der Waals surface area contributed by atoms with E-state index in [1.807, 2.05) is 19.4 Å². The first-order valence-electron chi connectivity index (χ1n) is 5.33. The van der Waals surface area contributed by atoms with Crippen LogP contribution in [0.4, 0.5) is 5.13 Å². The Morgan fingerprint density at radius 3 is 2.74 bits per heavy atom. The van der Waals surface area contributed by atoms with Crippen LogP contribution in [-0.2, 0) is 10.0 Å². The minimum atomic E-state index is -3.55. The van der Waals surface area contributed by atoms with Crippen molar-refractivity contribution in [3.8, 4) is 0 Å². The number of nitrogens with one attached hydrogen (secondary N) is 2. The van der Waals surface area contributed by atoms with E-state index in [2.05, 4.69) is 31.0 Å². The van der Waals surface area contributed by atoms with Crippen LogP contribution in [0.5, 0.6) is 0 Å². The maximum absolute atomic E-state index is 12.1. The van der Waals surface area contributed by atoms with E-state index in [9.17, 15) is 8.42 Å². The van der Waals surface area contributed by atoms with Gasteiger partial charge >= 0.3 is 0 Å². The fraction of sp³-hybridized carbons (Fsp3) is 0.300. The van der Waals surface area contributed by atoms with E-state index in [4.69, 9.17) is 0 Å². The molecule has 2 heterocycles. The molecule has 2 aromatic rings. The SMILES string of the molecule is CNC(C)c1csc(NS(=O)(=O)c2ccc(Br)s2)n1. The Kier molecular flexibility index (Phi) is 4.62. The topological polar surface area (TPSA) is 71.1 Å². The Labute approximate surface area is 128 Å². The van der Waals surface area contributed by atoms with Gasteiger partial charge in [0, 0.05) is 11.4 Å². The van der Waals surface area contributed by atoms with Crippen molar-refractivity contribution in [2.24, 2.45) is 0 Å². The highest BCUT2D eigenvalue weighted by molar-refractivity contribution is 9.11. The summed E-state index contributed by atoms with van der Waals surface area (Å²) < 4.78 is 27.7. The van der Waals surface area contributed by atoms with Crippen LogP contribution >= 0.6 is 38.6 Å². The molecule has 0 saturated carbocycles. The van der Waals surface area contributed by atoms with Crippen molar-refractivity contribution < 1.29 is 8.42 Å². The van der Waals surface area contributed by atoms with Crippen LogP contribution in [0.1, 0.15) is 18.7 Å². The molecule has 2 rings (SSSR count). The molecule has 0 aliphatic carbocycles. The number of halogens is 1. The summed E-state index contributed by atoms with van der Waals surface area (Å²) in [5.41, 5.74) is 0.817. The Hall–Kier alpha value is -0.480. The van der Waals surface area contributed by atoms with Crippen LogP contribution in [0.15, 0.2) is 25.5 Å². The molecule has 0 saturated heterocycles. The molecule has 9 heteroatoms. The largest absolute Gasteiger partial charge is 0.312 e. The molecular weight excluding hydrogens is 370 g/mol. The number of aromatic nitrogens is 1. The average molecular weight is 382 g/mol. The van der Waals surface area contributed by atoms with Gasteiger partial charge in [0.1, 0.15) is 4.21 Å². The van der Waals surface area contributed by atoms with Crippen LogP contribution < -0.4 is 10.0 Å². The van der Waals surface area contributed by atoms with E-state index in [-0.39, 0.29) is 10.3 Å². The summed E-state index contributed by atoms with van der Waals surface area (Å²) in [6.07, 6.45) is 0. The molecular formula is C10H12BrN3O2S3. The van der Waals surface area contributed by atoms with E-state index in [1.165, 1.54) is 11.3 Å². The lowest BCUT2D eigenvalue weighted by molar-refractivity contribution is 0.603. The first kappa shape index (κ1) is 14.9. The van der Waals surface area contributed by atoms with Gasteiger partial charge < -0.3 is 5.32 Å². The Morgan fingerprint density at radius 2 is 2.16 bits per heavy atom. The summed E-state index contributed by atoms with van der Waals surface area (Å²) in [5, 5.41) is 5.27. The number of nitrogens with zero attached hydrogens (tertiary/aromatic N) is 1. The van der Waals surface area contributed by atoms with Gasteiger partial charge in [0.25, 0.3) is 10.0 Å². The summed E-state index contributed by atoms with van der Waals surface area (Å²) in [4.78, 5) is 4.26. The third kappa shape index (κ3) is 3.54. The summed E-state index contributed by atoms with van der Waals surface area (Å²) in [5.74, 6) is 0. The molecule has 2 aromatic heterocycles. The van der Waals surface area contributed by atoms with Gasteiger partial charge in [-0.25, -0.2) is 13.4 Å². The van der Waals surface area contributed by atoms with E-state index in [1.54, 1.807) is 12.1 Å². The monoisotopic (exact) mass is 381 g/mol. The van der Waals surface area contributed by atoms with E-state index in [0.717, 1.165) is 20.8 Å². The summed E-state index contributed by atoms with van der Waals surface area (Å²) in [7, 11) is -1.72. The summed E-state index contributed by atoms with van der Waals surface area (Å²) in [6.45, 7) is 1.96. The first-order valence-corrected chi connectivity index (χ1v) is 9.30. The van der Waals surface area contributed by atoms with E-state index >= 15 is 0 Å². The summed E-state index contributed by atoms with van der Waals surface area (Å²) in [6, 6.07) is 3.35. The molecule has 0 fully saturated rings. The van der Waals surface area contributed by atoms with Crippen molar-refractivity contribution in [2.75, 3.05) is 11.8 Å². The number of rotatable bonds is 5. The Balaban J connectivity index is 2.19. The standard InChI is InChI=1S/C10H12BrN3O2S3/c1-6(12-2)7-5-17-10(13-7)14-19(15,16)9-4-3-8(11)18-9/h3-6,12H,1-2H3,(H,13,14). The number of thiophene rings is 1. The average Bonchev–Trinajstić information content (AvgIpc) is 2.97. The zero-order chi connectivity index (χ0) is 14.0. The van der Waals surface area contributed by atoms with Gasteiger partial charge in [-0.1, -0.05) is 0 Å². The molecule has 5 nitrogen and oxygen atoms in total. The van der Waals surface area contributed by atoms with Crippen LogP contribution in [0, 0.1) is 0 Å². The van der Waals surface area contributed by atoms with Crippen molar-refractivity contribution in [1.29, 1.82) is 0 Å². The molecule has 0 spiro atoms. The molecule has 0 aliphatic heterocycles. The highest BCUT2D eigenvalue weighted by atomic mass is 79.9. The predicted octanol–water partition coefficient (Wildman–Crippen LogP) is 3.05. The third-order valence-electron chi connectivity index (χ3n) is 2.43. The van der Waals surface area contributed by atoms with Crippen molar-refractivity contribution in [1.82, 2.24) is 10.3 Å². The molecule has 19 heavy (non-hydrogen) atoms. The molecule has 104 valence electrons. The lowest BCUT2D eigenvalue weighted by atomic mass is 10.3. The molecule has 1 atom stereocenters. The van der Waals surface area contributed by atoms with Crippen LogP contribution in [-0.4, -0.2) is 20.4 Å². The molecule has 0 radical (unpaired) electrons. The van der Waals surface area contributed by atoms with Gasteiger partial charge in [-0.05, 0) is 42.0 Å². The van der Waals surface area contributed by atoms with Gasteiger partial charge in [0.15, 0.2) is 5.13 Å². The van der Waals surface area contributed by atoms with Crippen molar-refractivity contribution >= 4 is 53.8 Å². The first-order chi connectivity index (χ1) is 8.92. The van der Waals surface area contributed by atoms with Crippen LogP contribution in [0.3, 0.4) is 0 Å². The second-order valence-electron chi connectivity index (χ2n) is 3.75. The van der Waals surface area contributed by atoms with Crippen LogP contribution in [0.2, 0.25) is 0 Å². The molecule has 0 bridgehead atoms. The number of hydrogen-bond acceptors (Lipinski definition) is 6. The fourth-order valence-corrected chi connectivity index (χ4v) is 5.35. The summed E-state index contributed by atoms with van der Waals surface area (Å²) >= 11 is 5.68. The molecule has 0 amide bonds. The van der Waals surface area contributed by atoms with Crippen molar-refractivity contribution in [3.05, 3.63) is 27.0 Å². The fourth-order valence-electron chi connectivity index (χ4n) is 1.29.